The smallest absolute Gasteiger partial charge is 0.264 e. The Labute approximate surface area is 233 Å². The Bertz CT molecular complexity index is 1420. The van der Waals surface area contributed by atoms with Gasteiger partial charge in [-0.25, -0.2) is 17.2 Å². The zero-order valence-electron chi connectivity index (χ0n) is 22.5. The van der Waals surface area contributed by atoms with Crippen molar-refractivity contribution in [1.82, 2.24) is 10.2 Å². The van der Waals surface area contributed by atoms with Crippen LogP contribution in [-0.2, 0) is 26.2 Å². The van der Waals surface area contributed by atoms with Crippen LogP contribution in [0.2, 0.25) is 0 Å². The predicted molar refractivity (Wildman–Crippen MR) is 149 cm³/mol. The molecule has 10 heteroatoms. The molecule has 1 fully saturated rings. The molecule has 3 aromatic rings. The van der Waals surface area contributed by atoms with Crippen LogP contribution in [0.5, 0.6) is 0 Å². The molecule has 0 aliphatic heterocycles. The zero-order chi connectivity index (χ0) is 28.9. The van der Waals surface area contributed by atoms with Crippen LogP contribution in [0.3, 0.4) is 0 Å². The summed E-state index contributed by atoms with van der Waals surface area (Å²) in [5, 5.41) is 3.00. The second-order valence-corrected chi connectivity index (χ2v) is 12.0. The van der Waals surface area contributed by atoms with Crippen LogP contribution < -0.4 is 9.62 Å². The number of sulfonamides is 1. The van der Waals surface area contributed by atoms with E-state index in [1.807, 2.05) is 6.92 Å². The van der Waals surface area contributed by atoms with Crippen LogP contribution in [0.4, 0.5) is 14.5 Å². The van der Waals surface area contributed by atoms with E-state index in [2.05, 4.69) is 5.32 Å². The van der Waals surface area contributed by atoms with E-state index in [0.29, 0.717) is 5.56 Å². The molecule has 0 aromatic heterocycles. The fraction of sp³-hybridized carbons (Fsp3) is 0.333. The average molecular weight is 570 g/mol. The molecule has 0 bridgehead atoms. The molecule has 4 rings (SSSR count). The van der Waals surface area contributed by atoms with E-state index in [0.717, 1.165) is 47.7 Å². The minimum atomic E-state index is -4.24. The molecule has 0 heterocycles. The first kappa shape index (κ1) is 29.2. The van der Waals surface area contributed by atoms with Crippen LogP contribution >= 0.6 is 0 Å². The van der Waals surface area contributed by atoms with Crippen molar-refractivity contribution in [2.24, 2.45) is 0 Å². The highest BCUT2D eigenvalue weighted by atomic mass is 32.2. The van der Waals surface area contributed by atoms with Gasteiger partial charge in [0.1, 0.15) is 24.2 Å². The van der Waals surface area contributed by atoms with Gasteiger partial charge in [-0.2, -0.15) is 0 Å². The number of hydrogen-bond donors (Lipinski definition) is 1. The number of amides is 2. The fourth-order valence-electron chi connectivity index (χ4n) is 4.73. The largest absolute Gasteiger partial charge is 0.352 e. The maximum Gasteiger partial charge on any atom is 0.264 e. The topological polar surface area (TPSA) is 86.8 Å². The summed E-state index contributed by atoms with van der Waals surface area (Å²) in [6, 6.07) is 15.6. The summed E-state index contributed by atoms with van der Waals surface area (Å²) in [4.78, 5) is 28.3. The molecule has 3 aromatic carbocycles. The molecule has 1 saturated carbocycles. The third-order valence-corrected chi connectivity index (χ3v) is 8.93. The lowest BCUT2D eigenvalue weighted by Gasteiger charge is -2.32. The average Bonchev–Trinajstić information content (AvgIpc) is 3.44. The van der Waals surface area contributed by atoms with E-state index in [1.54, 1.807) is 19.1 Å². The standard InChI is InChI=1S/C30H33F2N3O4S/c1-21-7-17-28(18-8-21)40(38,39)35(27-15-13-25(32)14-16-27)20-29(36)34(19-23-9-11-24(31)12-10-23)22(2)30(37)33-26-5-3-4-6-26/h7-18,22,26H,3-6,19-20H2,1-2H3,(H,33,37). The van der Waals surface area contributed by atoms with Crippen molar-refractivity contribution in [3.8, 4) is 0 Å². The second-order valence-electron chi connectivity index (χ2n) is 10.1. The van der Waals surface area contributed by atoms with Crippen LogP contribution in [0, 0.1) is 18.6 Å². The second kappa shape index (κ2) is 12.6. The Kier molecular flexibility index (Phi) is 9.19. The molecule has 1 unspecified atom stereocenters. The number of rotatable bonds is 10. The monoisotopic (exact) mass is 569 g/mol. The van der Waals surface area contributed by atoms with Gasteiger partial charge in [0.2, 0.25) is 11.8 Å². The molecule has 1 aliphatic rings. The maximum absolute atomic E-state index is 13.9. The van der Waals surface area contributed by atoms with Gasteiger partial charge in [-0.3, -0.25) is 13.9 Å². The summed E-state index contributed by atoms with van der Waals surface area (Å²) in [5.41, 5.74) is 1.53. The molecule has 1 aliphatic carbocycles. The third-order valence-electron chi connectivity index (χ3n) is 7.14. The molecule has 1 atom stereocenters. The SMILES string of the molecule is Cc1ccc(S(=O)(=O)N(CC(=O)N(Cc2ccc(F)cc2)C(C)C(=O)NC2CCCC2)c2ccc(F)cc2)cc1. The van der Waals surface area contributed by atoms with Gasteiger partial charge in [0, 0.05) is 12.6 Å². The molecular formula is C30H33F2N3O4S. The van der Waals surface area contributed by atoms with Gasteiger partial charge in [0.15, 0.2) is 0 Å². The van der Waals surface area contributed by atoms with E-state index in [1.165, 1.54) is 53.4 Å². The molecule has 7 nitrogen and oxygen atoms in total. The number of benzene rings is 3. The summed E-state index contributed by atoms with van der Waals surface area (Å²) in [6.45, 7) is 2.73. The van der Waals surface area contributed by atoms with Crippen LogP contribution in [-0.4, -0.2) is 43.8 Å². The highest BCUT2D eigenvalue weighted by Gasteiger charge is 2.33. The molecule has 2 amide bonds. The van der Waals surface area contributed by atoms with E-state index in [4.69, 9.17) is 0 Å². The van der Waals surface area contributed by atoms with Gasteiger partial charge in [0.25, 0.3) is 10.0 Å². The molecule has 0 spiro atoms. The van der Waals surface area contributed by atoms with Crippen molar-refractivity contribution in [3.63, 3.8) is 0 Å². The van der Waals surface area contributed by atoms with Gasteiger partial charge in [-0.15, -0.1) is 0 Å². The Balaban J connectivity index is 1.67. The van der Waals surface area contributed by atoms with Gasteiger partial charge in [-0.1, -0.05) is 42.7 Å². The molecule has 1 N–H and O–H groups in total. The lowest BCUT2D eigenvalue weighted by Crippen LogP contribution is -2.52. The number of hydrogen-bond acceptors (Lipinski definition) is 4. The summed E-state index contributed by atoms with van der Waals surface area (Å²) in [5.74, 6) is -1.99. The number of aryl methyl sites for hydroxylation is 1. The van der Waals surface area contributed by atoms with Gasteiger partial charge in [-0.05, 0) is 80.8 Å². The van der Waals surface area contributed by atoms with E-state index in [9.17, 15) is 26.8 Å². The van der Waals surface area contributed by atoms with Gasteiger partial charge >= 0.3 is 0 Å². The predicted octanol–water partition coefficient (Wildman–Crippen LogP) is 4.94. The molecule has 40 heavy (non-hydrogen) atoms. The highest BCUT2D eigenvalue weighted by Crippen LogP contribution is 2.25. The van der Waals surface area contributed by atoms with Crippen molar-refractivity contribution in [2.45, 2.75) is 63.1 Å². The zero-order valence-corrected chi connectivity index (χ0v) is 23.3. The Morgan fingerprint density at radius 2 is 1.45 bits per heavy atom. The Hall–Kier alpha value is -3.79. The summed E-state index contributed by atoms with van der Waals surface area (Å²) in [7, 11) is -4.24. The number of nitrogens with zero attached hydrogens (tertiary/aromatic N) is 2. The van der Waals surface area contributed by atoms with Crippen molar-refractivity contribution in [1.29, 1.82) is 0 Å². The lowest BCUT2D eigenvalue weighted by molar-refractivity contribution is -0.139. The van der Waals surface area contributed by atoms with Gasteiger partial charge < -0.3 is 10.2 Å². The summed E-state index contributed by atoms with van der Waals surface area (Å²) in [6.07, 6.45) is 3.75. The molecule has 212 valence electrons. The minimum Gasteiger partial charge on any atom is -0.352 e. The maximum atomic E-state index is 13.9. The molecule has 0 saturated heterocycles. The van der Waals surface area contributed by atoms with Gasteiger partial charge in [0.05, 0.1) is 10.6 Å². The van der Waals surface area contributed by atoms with Crippen molar-refractivity contribution >= 4 is 27.5 Å². The van der Waals surface area contributed by atoms with E-state index >= 15 is 0 Å². The number of nitrogens with one attached hydrogen (secondary N) is 1. The first-order valence-electron chi connectivity index (χ1n) is 13.2. The molecular weight excluding hydrogens is 536 g/mol. The van der Waals surface area contributed by atoms with Crippen molar-refractivity contribution in [2.75, 3.05) is 10.8 Å². The summed E-state index contributed by atoms with van der Waals surface area (Å²) >= 11 is 0. The lowest BCUT2D eigenvalue weighted by atomic mass is 10.1. The number of carbonyl (C=O) groups is 2. The first-order chi connectivity index (χ1) is 19.0. The van der Waals surface area contributed by atoms with Crippen molar-refractivity contribution < 1.29 is 26.8 Å². The van der Waals surface area contributed by atoms with E-state index in [-0.39, 0.29) is 29.1 Å². The summed E-state index contributed by atoms with van der Waals surface area (Å²) < 4.78 is 55.7. The Morgan fingerprint density at radius 3 is 2.02 bits per heavy atom. The van der Waals surface area contributed by atoms with Crippen LogP contribution in [0.15, 0.2) is 77.7 Å². The molecule has 0 radical (unpaired) electrons. The first-order valence-corrected chi connectivity index (χ1v) is 14.7. The fourth-order valence-corrected chi connectivity index (χ4v) is 6.15. The quantitative estimate of drug-likeness (QED) is 0.375. The van der Waals surface area contributed by atoms with Crippen LogP contribution in [0.25, 0.3) is 0 Å². The Morgan fingerprint density at radius 1 is 0.900 bits per heavy atom. The number of carbonyl (C=O) groups excluding carboxylic acids is 2. The van der Waals surface area contributed by atoms with E-state index < -0.39 is 40.2 Å². The minimum absolute atomic E-state index is 0.0235. The third kappa shape index (κ3) is 7.04. The normalized spacial score (nSPS) is 14.5. The number of halogens is 2. The van der Waals surface area contributed by atoms with Crippen molar-refractivity contribution in [3.05, 3.63) is 95.6 Å². The number of anilines is 1. The highest BCUT2D eigenvalue weighted by molar-refractivity contribution is 7.92. The van der Waals surface area contributed by atoms with Crippen LogP contribution in [0.1, 0.15) is 43.7 Å².